The van der Waals surface area contributed by atoms with Crippen molar-refractivity contribution in [1.29, 1.82) is 0 Å². The maximum absolute atomic E-state index is 12.0. The minimum Gasteiger partial charge on any atom is -0.166 e. The third-order valence-electron chi connectivity index (χ3n) is 5.43. The SMILES string of the molecule is CC(C)(C)c1ccc([S+](c2ccccc2)c2ccccc2)cc1.FC(F)(F)c1cccc(C(F)(F)F)c1. The molecule has 0 amide bonds. The van der Waals surface area contributed by atoms with Crippen molar-refractivity contribution in [1.82, 2.24) is 0 Å². The molecule has 4 aromatic rings. The molecule has 0 heterocycles. The predicted octanol–water partition coefficient (Wildman–Crippen LogP) is 9.80. The highest BCUT2D eigenvalue weighted by atomic mass is 32.2. The van der Waals surface area contributed by atoms with Crippen molar-refractivity contribution in [3.63, 3.8) is 0 Å². The van der Waals surface area contributed by atoms with Crippen LogP contribution in [0.2, 0.25) is 0 Å². The van der Waals surface area contributed by atoms with Crippen LogP contribution in [0.4, 0.5) is 26.3 Å². The Morgan fingerprint density at radius 3 is 1.16 bits per heavy atom. The maximum Gasteiger partial charge on any atom is 0.416 e. The Bertz CT molecular complexity index is 1190. The Balaban J connectivity index is 0.000000233. The normalized spacial score (nSPS) is 12.2. The zero-order valence-electron chi connectivity index (χ0n) is 20.6. The van der Waals surface area contributed by atoms with Crippen LogP contribution in [0, 0.1) is 0 Å². The molecule has 0 fully saturated rings. The molecule has 0 spiro atoms. The third kappa shape index (κ3) is 7.89. The highest BCUT2D eigenvalue weighted by molar-refractivity contribution is 7.97. The average Bonchev–Trinajstić information content (AvgIpc) is 2.85. The minimum atomic E-state index is -4.75. The summed E-state index contributed by atoms with van der Waals surface area (Å²) >= 11 is 0. The fraction of sp³-hybridized carbons (Fsp3) is 0.200. The molecule has 0 bridgehead atoms. The van der Waals surface area contributed by atoms with Gasteiger partial charge in [0.1, 0.15) is 0 Å². The summed E-state index contributed by atoms with van der Waals surface area (Å²) in [4.78, 5) is 4.10. The van der Waals surface area contributed by atoms with Crippen molar-refractivity contribution in [2.75, 3.05) is 0 Å². The number of benzene rings is 4. The molecule has 0 atom stereocenters. The van der Waals surface area contributed by atoms with Crippen molar-refractivity contribution in [3.05, 3.63) is 126 Å². The largest absolute Gasteiger partial charge is 0.416 e. The first kappa shape index (κ1) is 28.4. The van der Waals surface area contributed by atoms with Crippen LogP contribution in [-0.2, 0) is 28.7 Å². The molecule has 0 aliphatic heterocycles. The van der Waals surface area contributed by atoms with E-state index in [1.807, 2.05) is 0 Å². The van der Waals surface area contributed by atoms with E-state index in [0.717, 1.165) is 6.07 Å². The summed E-state index contributed by atoms with van der Waals surface area (Å²) < 4.78 is 71.9. The predicted molar refractivity (Wildman–Crippen MR) is 137 cm³/mol. The van der Waals surface area contributed by atoms with Gasteiger partial charge in [0.25, 0.3) is 0 Å². The van der Waals surface area contributed by atoms with E-state index in [2.05, 4.69) is 106 Å². The fourth-order valence-corrected chi connectivity index (χ4v) is 5.57. The van der Waals surface area contributed by atoms with Crippen molar-refractivity contribution in [2.45, 2.75) is 53.2 Å². The van der Waals surface area contributed by atoms with E-state index < -0.39 is 23.5 Å². The number of hydrogen-bond acceptors (Lipinski definition) is 0. The molecule has 0 saturated heterocycles. The topological polar surface area (TPSA) is 0 Å². The first-order chi connectivity index (χ1) is 17.3. The van der Waals surface area contributed by atoms with Crippen molar-refractivity contribution in [2.24, 2.45) is 0 Å². The van der Waals surface area contributed by atoms with Gasteiger partial charge in [-0.25, -0.2) is 0 Å². The van der Waals surface area contributed by atoms with Crippen LogP contribution >= 0.6 is 0 Å². The van der Waals surface area contributed by atoms with Gasteiger partial charge in [-0.05, 0) is 65.6 Å². The molecular formula is C30H27F6S+. The molecular weight excluding hydrogens is 506 g/mol. The van der Waals surface area contributed by atoms with Gasteiger partial charge in [-0.15, -0.1) is 0 Å². The highest BCUT2D eigenvalue weighted by Crippen LogP contribution is 2.35. The van der Waals surface area contributed by atoms with E-state index in [9.17, 15) is 26.3 Å². The number of alkyl halides is 6. The standard InChI is InChI=1S/C22H23S.C8H4F6/c1-22(2,3)18-14-16-21(17-15-18)23(19-10-6-4-7-11-19)20-12-8-5-9-13-20;9-7(10,11)5-2-1-3-6(4-5)8(12,13)14/h4-17H,1-3H3;1-4H/q+1;. The van der Waals surface area contributed by atoms with Gasteiger partial charge in [0.05, 0.1) is 22.0 Å². The molecule has 0 aliphatic carbocycles. The quantitative estimate of drug-likeness (QED) is 0.182. The van der Waals surface area contributed by atoms with Gasteiger partial charge < -0.3 is 0 Å². The Labute approximate surface area is 216 Å². The average molecular weight is 534 g/mol. The highest BCUT2D eigenvalue weighted by Gasteiger charge is 2.35. The van der Waals surface area contributed by atoms with Gasteiger partial charge in [-0.1, -0.05) is 75.4 Å². The lowest BCUT2D eigenvalue weighted by molar-refractivity contribution is -0.143. The van der Waals surface area contributed by atoms with Crippen molar-refractivity contribution in [3.8, 4) is 0 Å². The minimum absolute atomic E-state index is 0.0497. The molecule has 0 N–H and O–H groups in total. The lowest BCUT2D eigenvalue weighted by atomic mass is 9.87. The van der Waals surface area contributed by atoms with Gasteiger partial charge in [0.2, 0.25) is 0 Å². The monoisotopic (exact) mass is 533 g/mol. The Morgan fingerprint density at radius 2 is 0.811 bits per heavy atom. The van der Waals surface area contributed by atoms with Gasteiger partial charge in [0.15, 0.2) is 14.7 Å². The van der Waals surface area contributed by atoms with E-state index in [1.165, 1.54) is 20.2 Å². The second kappa shape index (κ2) is 11.5. The number of rotatable bonds is 3. The second-order valence-corrected chi connectivity index (χ2v) is 11.3. The smallest absolute Gasteiger partial charge is 0.166 e. The van der Waals surface area contributed by atoms with Gasteiger partial charge in [-0.2, -0.15) is 26.3 Å². The lowest BCUT2D eigenvalue weighted by Gasteiger charge is -2.19. The molecule has 194 valence electrons. The first-order valence-corrected chi connectivity index (χ1v) is 12.7. The fourth-order valence-electron chi connectivity index (χ4n) is 3.48. The Kier molecular flexibility index (Phi) is 8.80. The zero-order chi connectivity index (χ0) is 27.3. The lowest BCUT2D eigenvalue weighted by Crippen LogP contribution is -2.11. The van der Waals surface area contributed by atoms with Gasteiger partial charge >= 0.3 is 12.4 Å². The van der Waals surface area contributed by atoms with Crippen LogP contribution in [0.5, 0.6) is 0 Å². The van der Waals surface area contributed by atoms with E-state index in [0.29, 0.717) is 12.1 Å². The van der Waals surface area contributed by atoms with Crippen LogP contribution in [0.15, 0.2) is 124 Å². The van der Waals surface area contributed by atoms with E-state index >= 15 is 0 Å². The molecule has 0 saturated carbocycles. The Morgan fingerprint density at radius 1 is 0.432 bits per heavy atom. The van der Waals surface area contributed by atoms with Crippen LogP contribution in [0.1, 0.15) is 37.5 Å². The summed E-state index contributed by atoms with van der Waals surface area (Å²) in [6, 6.07) is 32.7. The molecule has 0 unspecified atom stereocenters. The molecule has 37 heavy (non-hydrogen) atoms. The van der Waals surface area contributed by atoms with Crippen LogP contribution in [-0.4, -0.2) is 0 Å². The van der Waals surface area contributed by atoms with Gasteiger partial charge in [0, 0.05) is 0 Å². The maximum atomic E-state index is 12.0. The molecule has 4 aromatic carbocycles. The molecule has 4 rings (SSSR count). The Hall–Kier alpha value is -3.19. The summed E-state index contributed by atoms with van der Waals surface area (Å²) in [6.45, 7) is 6.78. The molecule has 0 nitrogen and oxygen atoms in total. The molecule has 7 heteroatoms. The zero-order valence-corrected chi connectivity index (χ0v) is 21.4. The number of hydrogen-bond donors (Lipinski definition) is 0. The van der Waals surface area contributed by atoms with E-state index in [4.69, 9.17) is 0 Å². The van der Waals surface area contributed by atoms with Crippen LogP contribution < -0.4 is 0 Å². The van der Waals surface area contributed by atoms with Crippen LogP contribution in [0.3, 0.4) is 0 Å². The van der Waals surface area contributed by atoms with E-state index in [-0.39, 0.29) is 22.4 Å². The van der Waals surface area contributed by atoms with Crippen molar-refractivity contribution < 1.29 is 26.3 Å². The number of halogens is 6. The molecule has 0 aromatic heterocycles. The van der Waals surface area contributed by atoms with E-state index in [1.54, 1.807) is 0 Å². The van der Waals surface area contributed by atoms with Gasteiger partial charge in [-0.3, -0.25) is 0 Å². The first-order valence-electron chi connectivity index (χ1n) is 11.5. The molecule has 0 aliphatic rings. The second-order valence-electron chi connectivity index (χ2n) is 9.28. The van der Waals surface area contributed by atoms with Crippen molar-refractivity contribution >= 4 is 10.9 Å². The summed E-state index contributed by atoms with van der Waals surface area (Å²) in [7, 11) is -0.0497. The summed E-state index contributed by atoms with van der Waals surface area (Å²) in [5, 5.41) is 0. The summed E-state index contributed by atoms with van der Waals surface area (Å²) in [5.74, 6) is 0. The summed E-state index contributed by atoms with van der Waals surface area (Å²) in [5.41, 5.74) is -1.03. The molecule has 0 radical (unpaired) electrons. The van der Waals surface area contributed by atoms with Crippen LogP contribution in [0.25, 0.3) is 0 Å². The third-order valence-corrected chi connectivity index (χ3v) is 7.66. The summed E-state index contributed by atoms with van der Waals surface area (Å²) in [6.07, 6.45) is -9.50.